The lowest BCUT2D eigenvalue weighted by molar-refractivity contribution is 0.553. The zero-order valence-electron chi connectivity index (χ0n) is 11.7. The smallest absolute Gasteiger partial charge is 0.124 e. The number of hydrogen-bond donors (Lipinski definition) is 1. The monoisotopic (exact) mass is 311 g/mol. The van der Waals surface area contributed by atoms with E-state index in [1.807, 2.05) is 0 Å². The van der Waals surface area contributed by atoms with E-state index in [1.165, 1.54) is 22.6 Å². The Balaban J connectivity index is 2.25. The molecular weight excluding hydrogens is 293 g/mol. The molecule has 0 aliphatic rings. The number of thiophene rings is 1. The maximum atomic E-state index is 13.1. The zero-order valence-corrected chi connectivity index (χ0v) is 13.3. The number of rotatable bonds is 6. The van der Waals surface area contributed by atoms with Gasteiger partial charge in [-0.3, -0.25) is 0 Å². The molecule has 0 amide bonds. The van der Waals surface area contributed by atoms with Gasteiger partial charge in [0, 0.05) is 15.9 Å². The molecule has 0 saturated carbocycles. The minimum absolute atomic E-state index is 0.234. The number of aryl methyl sites for hydroxylation is 1. The molecule has 2 aromatic rings. The van der Waals surface area contributed by atoms with Crippen molar-refractivity contribution in [3.8, 4) is 0 Å². The van der Waals surface area contributed by atoms with Crippen LogP contribution in [0.1, 0.15) is 35.9 Å². The minimum Gasteiger partial charge on any atom is -0.309 e. The quantitative estimate of drug-likeness (QED) is 0.792. The van der Waals surface area contributed by atoms with E-state index in [9.17, 15) is 4.39 Å². The predicted molar refractivity (Wildman–Crippen MR) is 85.2 cm³/mol. The van der Waals surface area contributed by atoms with Crippen molar-refractivity contribution in [1.82, 2.24) is 5.32 Å². The van der Waals surface area contributed by atoms with Crippen LogP contribution in [0.15, 0.2) is 29.6 Å². The summed E-state index contributed by atoms with van der Waals surface area (Å²) in [5.74, 6) is -0.288. The van der Waals surface area contributed by atoms with Crippen LogP contribution in [0.4, 0.5) is 4.39 Å². The van der Waals surface area contributed by atoms with Crippen LogP contribution in [-0.4, -0.2) is 6.54 Å². The van der Waals surface area contributed by atoms with Gasteiger partial charge >= 0.3 is 0 Å². The normalized spacial score (nSPS) is 12.6. The summed E-state index contributed by atoms with van der Waals surface area (Å²) in [5.41, 5.74) is 2.36. The topological polar surface area (TPSA) is 12.0 Å². The van der Waals surface area contributed by atoms with Crippen LogP contribution in [0.5, 0.6) is 0 Å². The fourth-order valence-corrected chi connectivity index (χ4v) is 3.67. The summed E-state index contributed by atoms with van der Waals surface area (Å²) in [6, 6.07) is 7.05. The first-order valence-corrected chi connectivity index (χ1v) is 8.15. The summed E-state index contributed by atoms with van der Waals surface area (Å²) in [5, 5.41) is 6.14. The number of likely N-dealkylation sites (N-methyl/N-ethyl adjacent to an activating group) is 1. The highest BCUT2D eigenvalue weighted by Crippen LogP contribution is 2.30. The van der Waals surface area contributed by atoms with Crippen molar-refractivity contribution in [3.63, 3.8) is 0 Å². The standard InChI is InChI=1S/C16H19ClFNS/c1-3-11-7-8-20-16(11)15(19-4-2)9-12-5-6-13(18)10-14(12)17/h5-8,10,15,19H,3-4,9H2,1-2H3. The Bertz CT molecular complexity index is 567. The molecule has 0 aliphatic heterocycles. The molecule has 1 aromatic heterocycles. The molecule has 1 heterocycles. The maximum Gasteiger partial charge on any atom is 0.124 e. The van der Waals surface area contributed by atoms with E-state index in [0.717, 1.165) is 24.9 Å². The predicted octanol–water partition coefficient (Wildman–Crippen LogP) is 5.00. The molecule has 2 rings (SSSR count). The van der Waals surface area contributed by atoms with E-state index in [1.54, 1.807) is 17.4 Å². The first kappa shape index (κ1) is 15.5. The molecule has 1 N–H and O–H groups in total. The molecule has 1 aromatic carbocycles. The van der Waals surface area contributed by atoms with Gasteiger partial charge in [-0.1, -0.05) is 31.5 Å². The lowest BCUT2D eigenvalue weighted by Gasteiger charge is -2.19. The minimum atomic E-state index is -0.288. The van der Waals surface area contributed by atoms with Gasteiger partial charge in [-0.15, -0.1) is 11.3 Å². The zero-order chi connectivity index (χ0) is 14.5. The molecular formula is C16H19ClFNS. The molecule has 20 heavy (non-hydrogen) atoms. The van der Waals surface area contributed by atoms with Crippen molar-refractivity contribution in [2.45, 2.75) is 32.7 Å². The van der Waals surface area contributed by atoms with Crippen molar-refractivity contribution in [2.24, 2.45) is 0 Å². The lowest BCUT2D eigenvalue weighted by atomic mass is 10.0. The average Bonchev–Trinajstić information content (AvgIpc) is 2.89. The van der Waals surface area contributed by atoms with E-state index >= 15 is 0 Å². The second-order valence-corrected chi connectivity index (χ2v) is 6.07. The largest absolute Gasteiger partial charge is 0.309 e. The van der Waals surface area contributed by atoms with Gasteiger partial charge in [0.25, 0.3) is 0 Å². The van der Waals surface area contributed by atoms with Gasteiger partial charge in [0.15, 0.2) is 0 Å². The second-order valence-electron chi connectivity index (χ2n) is 4.71. The van der Waals surface area contributed by atoms with Crippen LogP contribution in [-0.2, 0) is 12.8 Å². The van der Waals surface area contributed by atoms with E-state index < -0.39 is 0 Å². The van der Waals surface area contributed by atoms with Crippen LogP contribution < -0.4 is 5.32 Å². The third-order valence-electron chi connectivity index (χ3n) is 3.37. The van der Waals surface area contributed by atoms with Gasteiger partial charge in [0.05, 0.1) is 0 Å². The lowest BCUT2D eigenvalue weighted by Crippen LogP contribution is -2.23. The Morgan fingerprint density at radius 3 is 2.70 bits per heavy atom. The van der Waals surface area contributed by atoms with Gasteiger partial charge in [-0.05, 0) is 54.1 Å². The average molecular weight is 312 g/mol. The fourth-order valence-electron chi connectivity index (χ4n) is 2.36. The van der Waals surface area contributed by atoms with Gasteiger partial charge < -0.3 is 5.32 Å². The Morgan fingerprint density at radius 2 is 2.05 bits per heavy atom. The van der Waals surface area contributed by atoms with E-state index in [0.29, 0.717) is 5.02 Å². The van der Waals surface area contributed by atoms with Crippen molar-refractivity contribution < 1.29 is 4.39 Å². The van der Waals surface area contributed by atoms with Gasteiger partial charge in [-0.25, -0.2) is 4.39 Å². The number of halogens is 2. The van der Waals surface area contributed by atoms with Crippen LogP contribution >= 0.6 is 22.9 Å². The number of benzene rings is 1. The van der Waals surface area contributed by atoms with Crippen molar-refractivity contribution >= 4 is 22.9 Å². The Kier molecular flexibility index (Phi) is 5.58. The number of nitrogens with one attached hydrogen (secondary N) is 1. The molecule has 0 fully saturated rings. The SMILES string of the molecule is CCNC(Cc1ccc(F)cc1Cl)c1sccc1CC. The van der Waals surface area contributed by atoms with E-state index in [2.05, 4.69) is 30.6 Å². The summed E-state index contributed by atoms with van der Waals surface area (Å²) in [6.07, 6.45) is 1.80. The van der Waals surface area contributed by atoms with Crippen LogP contribution in [0.2, 0.25) is 5.02 Å². The third-order valence-corrected chi connectivity index (χ3v) is 4.79. The molecule has 1 atom stereocenters. The van der Waals surface area contributed by atoms with Crippen molar-refractivity contribution in [3.05, 3.63) is 56.5 Å². The summed E-state index contributed by atoms with van der Waals surface area (Å²) in [6.45, 7) is 5.16. The molecule has 0 bridgehead atoms. The molecule has 0 spiro atoms. The second kappa shape index (κ2) is 7.21. The summed E-state index contributed by atoms with van der Waals surface area (Å²) < 4.78 is 13.1. The van der Waals surface area contributed by atoms with E-state index in [4.69, 9.17) is 11.6 Å². The summed E-state index contributed by atoms with van der Waals surface area (Å²) >= 11 is 7.92. The summed E-state index contributed by atoms with van der Waals surface area (Å²) in [7, 11) is 0. The van der Waals surface area contributed by atoms with Gasteiger partial charge in [0.2, 0.25) is 0 Å². The first-order chi connectivity index (χ1) is 9.65. The molecule has 0 radical (unpaired) electrons. The molecule has 4 heteroatoms. The van der Waals surface area contributed by atoms with Crippen molar-refractivity contribution in [1.29, 1.82) is 0 Å². The highest BCUT2D eigenvalue weighted by atomic mass is 35.5. The molecule has 108 valence electrons. The number of hydrogen-bond acceptors (Lipinski definition) is 2. The van der Waals surface area contributed by atoms with Gasteiger partial charge in [0.1, 0.15) is 5.82 Å². The summed E-state index contributed by atoms with van der Waals surface area (Å²) in [4.78, 5) is 1.36. The highest BCUT2D eigenvalue weighted by Gasteiger charge is 2.17. The first-order valence-electron chi connectivity index (χ1n) is 6.89. The van der Waals surface area contributed by atoms with Gasteiger partial charge in [-0.2, -0.15) is 0 Å². The fraction of sp³-hybridized carbons (Fsp3) is 0.375. The molecule has 0 aliphatic carbocycles. The molecule has 1 unspecified atom stereocenters. The Labute approximate surface area is 128 Å². The van der Waals surface area contributed by atoms with Crippen LogP contribution in [0, 0.1) is 5.82 Å². The van der Waals surface area contributed by atoms with E-state index in [-0.39, 0.29) is 11.9 Å². The van der Waals surface area contributed by atoms with Crippen molar-refractivity contribution in [2.75, 3.05) is 6.54 Å². The molecule has 1 nitrogen and oxygen atoms in total. The van der Waals surface area contributed by atoms with Crippen LogP contribution in [0.3, 0.4) is 0 Å². The molecule has 0 saturated heterocycles. The Morgan fingerprint density at radius 1 is 1.25 bits per heavy atom. The highest BCUT2D eigenvalue weighted by molar-refractivity contribution is 7.10. The Hall–Kier alpha value is -0.900. The van der Waals surface area contributed by atoms with Crippen LogP contribution in [0.25, 0.3) is 0 Å². The third kappa shape index (κ3) is 3.60. The maximum absolute atomic E-state index is 13.1.